The number of nitrogens with two attached hydrogens (primary N) is 1. The fraction of sp³-hybridized carbons (Fsp3) is 0.222. The number of fused-ring (bicyclic) bond motifs is 6. The molecule has 3 aromatic rings. The number of esters is 1. The first-order valence-corrected chi connectivity index (χ1v) is 12.7. The first kappa shape index (κ1) is 26.9. The molecule has 0 bridgehead atoms. The van der Waals surface area contributed by atoms with Gasteiger partial charge in [0.25, 0.3) is 0 Å². The molecule has 2 aliphatic heterocycles. The van der Waals surface area contributed by atoms with Gasteiger partial charge in [-0.1, -0.05) is 6.07 Å². The van der Waals surface area contributed by atoms with Crippen molar-refractivity contribution in [2.24, 2.45) is 10.8 Å². The van der Waals surface area contributed by atoms with Crippen molar-refractivity contribution in [2.75, 3.05) is 5.01 Å². The second-order valence-electron chi connectivity index (χ2n) is 9.80. The quantitative estimate of drug-likeness (QED) is 0.113. The lowest BCUT2D eigenvalue weighted by Gasteiger charge is -2.37. The van der Waals surface area contributed by atoms with E-state index in [1.807, 2.05) is 0 Å². The van der Waals surface area contributed by atoms with Gasteiger partial charge in [0.1, 0.15) is 59.2 Å². The number of phenols is 2. The second kappa shape index (κ2) is 9.37. The molecule has 1 aliphatic carbocycles. The van der Waals surface area contributed by atoms with Crippen LogP contribution in [0.1, 0.15) is 27.0 Å². The first-order chi connectivity index (χ1) is 19.4. The molecule has 1 saturated carbocycles. The average molecular weight is 582 g/mol. The van der Waals surface area contributed by atoms with Gasteiger partial charge in [0.2, 0.25) is 0 Å². The molecule has 0 radical (unpaired) electrons. The molecule has 0 aromatic heterocycles. The Morgan fingerprint density at radius 3 is 1.90 bits per heavy atom. The predicted molar refractivity (Wildman–Crippen MR) is 145 cm³/mol. The summed E-state index contributed by atoms with van der Waals surface area (Å²) in [5.74, 6) is -0.539. The highest BCUT2D eigenvalue weighted by atomic mass is 32.1. The summed E-state index contributed by atoms with van der Waals surface area (Å²) >= 11 is 5.11. The minimum absolute atomic E-state index is 0.0733. The van der Waals surface area contributed by atoms with E-state index in [0.29, 0.717) is 16.7 Å². The number of rotatable bonds is 2. The molecule has 212 valence electrons. The molecule has 0 amide bonds. The van der Waals surface area contributed by atoms with Crippen LogP contribution in [0.25, 0.3) is 0 Å². The van der Waals surface area contributed by atoms with Gasteiger partial charge in [-0.05, 0) is 48.6 Å². The van der Waals surface area contributed by atoms with Crippen molar-refractivity contribution < 1.29 is 50.0 Å². The molecule has 1 spiro atoms. The van der Waals surface area contributed by atoms with Crippen LogP contribution >= 0.6 is 12.2 Å². The van der Waals surface area contributed by atoms with Crippen molar-refractivity contribution in [1.29, 1.82) is 0 Å². The standard InChI is InChI=1S/C27H23N3O10S/c28-26(41)30(29-19-20(33)22(35)24(37)23(36)21(19)34)10-1-4-14-13(7-10)25(38)40-27(14)15-5-2-11(31)8-17(15)39-18-9-12(32)3-6-16(18)27/h1-9,20-24,31-37H,(H2,28,41)/b29-19-/t20-,21+,22+,23+,24+/m0/s1. The molecule has 2 heterocycles. The Balaban J connectivity index is 1.50. The number of aliphatic hydroxyl groups excluding tert-OH is 5. The highest BCUT2D eigenvalue weighted by molar-refractivity contribution is 7.80. The van der Waals surface area contributed by atoms with Gasteiger partial charge in [0.05, 0.1) is 11.3 Å². The molecule has 5 atom stereocenters. The smallest absolute Gasteiger partial charge is 0.340 e. The SMILES string of the molecule is NC(=S)N(/N=C1\[C@@H](O)[C@@H](O)[C@H](O)[C@H](O)[C@H]1O)c1ccc2c(c1)C(=O)OC21c2ccc(O)cc2Oc2cc(O)ccc21. The van der Waals surface area contributed by atoms with E-state index in [9.17, 15) is 40.5 Å². The number of anilines is 1. The Bertz CT molecular complexity index is 1580. The van der Waals surface area contributed by atoms with Crippen LogP contribution in [0.4, 0.5) is 5.69 Å². The molecule has 6 rings (SSSR count). The number of hydrogen-bond acceptors (Lipinski definition) is 12. The number of benzene rings is 3. The lowest BCUT2D eigenvalue weighted by Crippen LogP contribution is -2.62. The van der Waals surface area contributed by atoms with E-state index >= 15 is 0 Å². The molecule has 9 N–H and O–H groups in total. The zero-order valence-electron chi connectivity index (χ0n) is 20.8. The van der Waals surface area contributed by atoms with Gasteiger partial charge in [0, 0.05) is 28.8 Å². The van der Waals surface area contributed by atoms with Crippen LogP contribution in [0.3, 0.4) is 0 Å². The first-order valence-electron chi connectivity index (χ1n) is 12.2. The summed E-state index contributed by atoms with van der Waals surface area (Å²) in [6, 6.07) is 13.1. The highest BCUT2D eigenvalue weighted by Crippen LogP contribution is 2.57. The number of phenolic OH excluding ortho intramolecular Hbond substituents is 2. The van der Waals surface area contributed by atoms with E-state index in [1.54, 1.807) is 18.2 Å². The maximum absolute atomic E-state index is 13.4. The maximum atomic E-state index is 13.4. The van der Waals surface area contributed by atoms with Crippen LogP contribution < -0.4 is 15.5 Å². The summed E-state index contributed by atoms with van der Waals surface area (Å²) in [5, 5.41) is 75.6. The molecule has 13 nitrogen and oxygen atoms in total. The number of hydrogen-bond donors (Lipinski definition) is 8. The summed E-state index contributed by atoms with van der Waals surface area (Å²) in [5.41, 5.74) is 5.23. The van der Waals surface area contributed by atoms with Gasteiger partial charge in [-0.2, -0.15) is 5.10 Å². The number of aliphatic hydroxyl groups is 5. The zero-order chi connectivity index (χ0) is 29.4. The van der Waals surface area contributed by atoms with E-state index in [4.69, 9.17) is 27.4 Å². The molecule has 0 saturated heterocycles. The van der Waals surface area contributed by atoms with E-state index in [1.165, 1.54) is 36.4 Å². The minimum Gasteiger partial charge on any atom is -0.508 e. The van der Waals surface area contributed by atoms with Crippen LogP contribution in [0.5, 0.6) is 23.0 Å². The maximum Gasteiger partial charge on any atom is 0.340 e. The summed E-state index contributed by atoms with van der Waals surface area (Å²) in [6.45, 7) is 0. The average Bonchev–Trinajstić information content (AvgIpc) is 3.22. The van der Waals surface area contributed by atoms with Crippen molar-refractivity contribution >= 4 is 34.7 Å². The number of thiocarbonyl (C=S) groups is 1. The van der Waals surface area contributed by atoms with Crippen LogP contribution in [0, 0.1) is 0 Å². The van der Waals surface area contributed by atoms with E-state index in [0.717, 1.165) is 5.01 Å². The molecule has 3 aliphatic rings. The summed E-state index contributed by atoms with van der Waals surface area (Å²) < 4.78 is 12.0. The Labute approximate surface area is 236 Å². The monoisotopic (exact) mass is 581 g/mol. The molecule has 1 fully saturated rings. The molecule has 41 heavy (non-hydrogen) atoms. The Morgan fingerprint density at radius 2 is 1.37 bits per heavy atom. The topological polar surface area (TPSA) is 219 Å². The fourth-order valence-corrected chi connectivity index (χ4v) is 5.54. The zero-order valence-corrected chi connectivity index (χ0v) is 21.6. The van der Waals surface area contributed by atoms with Gasteiger partial charge in [-0.25, -0.2) is 9.80 Å². The van der Waals surface area contributed by atoms with Gasteiger partial charge in [0.15, 0.2) is 10.7 Å². The van der Waals surface area contributed by atoms with E-state index in [-0.39, 0.29) is 39.4 Å². The fourth-order valence-electron chi connectivity index (χ4n) is 5.39. The van der Waals surface area contributed by atoms with Crippen LogP contribution in [0.15, 0.2) is 59.7 Å². The number of nitrogens with zero attached hydrogens (tertiary/aromatic N) is 2. The minimum atomic E-state index is -1.87. The van der Waals surface area contributed by atoms with Crippen molar-refractivity contribution in [3.63, 3.8) is 0 Å². The van der Waals surface area contributed by atoms with E-state index in [2.05, 4.69) is 5.10 Å². The van der Waals surface area contributed by atoms with Crippen LogP contribution in [-0.4, -0.2) is 83.1 Å². The van der Waals surface area contributed by atoms with Crippen molar-refractivity contribution in [1.82, 2.24) is 0 Å². The largest absolute Gasteiger partial charge is 0.508 e. The lowest BCUT2D eigenvalue weighted by molar-refractivity contribution is -0.130. The van der Waals surface area contributed by atoms with Crippen molar-refractivity contribution in [2.45, 2.75) is 36.1 Å². The second-order valence-corrected chi connectivity index (χ2v) is 10.2. The number of carbonyl (C=O) groups excluding carboxylic acids is 1. The van der Waals surface area contributed by atoms with Gasteiger partial charge in [-0.3, -0.25) is 0 Å². The van der Waals surface area contributed by atoms with Gasteiger partial charge in [-0.15, -0.1) is 0 Å². The third-order valence-corrected chi connectivity index (χ3v) is 7.55. The summed E-state index contributed by atoms with van der Waals surface area (Å²) in [6.07, 6.45) is -9.29. The Hall–Kier alpha value is -4.31. The third kappa shape index (κ3) is 3.92. The van der Waals surface area contributed by atoms with Gasteiger partial charge < -0.3 is 51.0 Å². The van der Waals surface area contributed by atoms with E-state index < -0.39 is 47.8 Å². The number of carbonyl (C=O) groups is 1. The number of aromatic hydroxyl groups is 2. The highest BCUT2D eigenvalue weighted by Gasteiger charge is 2.54. The Kier molecular flexibility index (Phi) is 6.15. The predicted octanol–water partition coefficient (Wildman–Crippen LogP) is -0.110. The Morgan fingerprint density at radius 1 is 0.829 bits per heavy atom. The van der Waals surface area contributed by atoms with Crippen molar-refractivity contribution in [3.05, 3.63) is 76.9 Å². The van der Waals surface area contributed by atoms with Gasteiger partial charge >= 0.3 is 5.97 Å². The number of hydrazone groups is 1. The summed E-state index contributed by atoms with van der Waals surface area (Å²) in [4.78, 5) is 13.4. The number of ether oxygens (including phenoxy) is 2. The molecule has 3 aromatic carbocycles. The summed E-state index contributed by atoms with van der Waals surface area (Å²) in [7, 11) is 0. The normalized spacial score (nSPS) is 26.5. The van der Waals surface area contributed by atoms with Crippen molar-refractivity contribution in [3.8, 4) is 23.0 Å². The molecule has 14 heteroatoms. The van der Waals surface area contributed by atoms with Crippen LogP contribution in [-0.2, 0) is 10.3 Å². The lowest BCUT2D eigenvalue weighted by atomic mass is 9.77. The van der Waals surface area contributed by atoms with Crippen LogP contribution in [0.2, 0.25) is 0 Å². The molecular formula is C27H23N3O10S. The molecule has 0 unspecified atom stereocenters. The third-order valence-electron chi connectivity index (χ3n) is 7.38. The molecular weight excluding hydrogens is 558 g/mol.